The Labute approximate surface area is 171 Å². The van der Waals surface area contributed by atoms with Crippen molar-refractivity contribution in [2.75, 3.05) is 6.61 Å². The first-order valence-electron chi connectivity index (χ1n) is 8.76. The summed E-state index contributed by atoms with van der Waals surface area (Å²) in [6.45, 7) is 1.55. The Morgan fingerprint density at radius 1 is 1.21 bits per heavy atom. The molecule has 0 radical (unpaired) electrons. The van der Waals surface area contributed by atoms with Crippen LogP contribution in [0.3, 0.4) is 0 Å². The molecule has 29 heavy (non-hydrogen) atoms. The maximum absolute atomic E-state index is 12.3. The normalized spacial score (nSPS) is 16.1. The fraction of sp³-hybridized carbons (Fsp3) is 0.143. The third-order valence-electron chi connectivity index (χ3n) is 3.87. The van der Waals surface area contributed by atoms with E-state index < -0.39 is 5.97 Å². The molecule has 1 amide bonds. The van der Waals surface area contributed by atoms with Crippen molar-refractivity contribution in [1.29, 1.82) is 0 Å². The smallest absolute Gasteiger partial charge is 0.306 e. The van der Waals surface area contributed by atoms with Crippen LogP contribution in [0.25, 0.3) is 6.08 Å². The van der Waals surface area contributed by atoms with Gasteiger partial charge in [-0.25, -0.2) is 4.99 Å². The fourth-order valence-electron chi connectivity index (χ4n) is 2.49. The number of rotatable bonds is 7. The monoisotopic (exact) mass is 410 g/mol. The fourth-order valence-corrected chi connectivity index (χ4v) is 3.34. The molecule has 2 aromatic rings. The van der Waals surface area contributed by atoms with Gasteiger partial charge in [0.15, 0.2) is 11.0 Å². The van der Waals surface area contributed by atoms with Gasteiger partial charge < -0.3 is 15.2 Å². The lowest BCUT2D eigenvalue weighted by Crippen LogP contribution is -2.19. The summed E-state index contributed by atoms with van der Waals surface area (Å²) in [5, 5.41) is 11.8. The standard InChI is InChI=1S/C21H18N2O5S/c1-13(24)15-5-3-6-16(12-15)22-21-23-20(27)18(29-21)11-14-4-2-7-17(10-14)28-9-8-19(25)26/h2-7,10-12H,8-9H2,1H3,(H,25,26)(H,22,23,27)/b18-11+. The van der Waals surface area contributed by atoms with Crippen LogP contribution < -0.4 is 10.1 Å². The second-order valence-corrected chi connectivity index (χ2v) is 7.18. The lowest BCUT2D eigenvalue weighted by molar-refractivity contribution is -0.137. The predicted molar refractivity (Wildman–Crippen MR) is 111 cm³/mol. The molecule has 148 valence electrons. The highest BCUT2D eigenvalue weighted by Crippen LogP contribution is 2.29. The Kier molecular flexibility index (Phi) is 6.46. The molecule has 8 heteroatoms. The zero-order valence-corrected chi connectivity index (χ0v) is 16.4. The number of ether oxygens (including phenoxy) is 1. The molecule has 0 aliphatic carbocycles. The van der Waals surface area contributed by atoms with E-state index in [0.717, 1.165) is 5.56 Å². The quantitative estimate of drug-likeness (QED) is 0.533. The van der Waals surface area contributed by atoms with Gasteiger partial charge in [-0.05, 0) is 54.6 Å². The van der Waals surface area contributed by atoms with Crippen LogP contribution in [-0.2, 0) is 9.59 Å². The van der Waals surface area contributed by atoms with Crippen LogP contribution in [0.4, 0.5) is 5.69 Å². The summed E-state index contributed by atoms with van der Waals surface area (Å²) in [6, 6.07) is 13.9. The van der Waals surface area contributed by atoms with E-state index in [0.29, 0.717) is 27.1 Å². The highest BCUT2D eigenvalue weighted by molar-refractivity contribution is 8.18. The molecule has 2 N–H and O–H groups in total. The topological polar surface area (TPSA) is 105 Å². The number of carbonyl (C=O) groups is 3. The van der Waals surface area contributed by atoms with Crippen LogP contribution in [0, 0.1) is 0 Å². The van der Waals surface area contributed by atoms with E-state index in [2.05, 4.69) is 10.3 Å². The first kappa shape index (κ1) is 20.3. The molecule has 2 aromatic carbocycles. The minimum Gasteiger partial charge on any atom is -0.493 e. The molecular weight excluding hydrogens is 392 g/mol. The number of hydrogen-bond acceptors (Lipinski definition) is 6. The molecule has 0 unspecified atom stereocenters. The van der Waals surface area contributed by atoms with Gasteiger partial charge in [0.1, 0.15) is 5.75 Å². The molecule has 1 fully saturated rings. The number of nitrogens with one attached hydrogen (secondary N) is 1. The maximum Gasteiger partial charge on any atom is 0.306 e. The third kappa shape index (κ3) is 5.79. The lowest BCUT2D eigenvalue weighted by atomic mass is 10.1. The van der Waals surface area contributed by atoms with E-state index in [1.54, 1.807) is 48.5 Å². The molecule has 0 bridgehead atoms. The second kappa shape index (κ2) is 9.20. The van der Waals surface area contributed by atoms with Crippen molar-refractivity contribution in [3.63, 3.8) is 0 Å². The molecule has 0 spiro atoms. The van der Waals surface area contributed by atoms with E-state index in [1.807, 2.05) is 6.07 Å². The molecule has 1 aliphatic heterocycles. The van der Waals surface area contributed by atoms with Gasteiger partial charge >= 0.3 is 5.97 Å². The van der Waals surface area contributed by atoms with Crippen LogP contribution in [-0.4, -0.2) is 34.5 Å². The zero-order valence-electron chi connectivity index (χ0n) is 15.5. The van der Waals surface area contributed by atoms with Gasteiger partial charge in [-0.3, -0.25) is 14.4 Å². The number of Topliss-reactive ketones (excluding diaryl/α,β-unsaturated/α-hetero) is 1. The summed E-state index contributed by atoms with van der Waals surface area (Å²) < 4.78 is 5.41. The molecule has 3 rings (SSSR count). The van der Waals surface area contributed by atoms with E-state index in [9.17, 15) is 14.4 Å². The second-order valence-electron chi connectivity index (χ2n) is 6.15. The van der Waals surface area contributed by atoms with Gasteiger partial charge in [0.05, 0.1) is 23.6 Å². The summed E-state index contributed by atoms with van der Waals surface area (Å²) in [5.41, 5.74) is 1.88. The van der Waals surface area contributed by atoms with Gasteiger partial charge in [0.25, 0.3) is 5.91 Å². The van der Waals surface area contributed by atoms with E-state index in [1.165, 1.54) is 18.7 Å². The predicted octanol–water partition coefficient (Wildman–Crippen LogP) is 3.63. The number of ketones is 1. The minimum absolute atomic E-state index is 0.0544. The van der Waals surface area contributed by atoms with Crippen LogP contribution in [0.15, 0.2) is 58.4 Å². The number of thioether (sulfide) groups is 1. The number of hydrogen-bond donors (Lipinski definition) is 2. The molecule has 0 saturated carbocycles. The van der Waals surface area contributed by atoms with E-state index >= 15 is 0 Å². The number of aliphatic carboxylic acids is 1. The van der Waals surface area contributed by atoms with Gasteiger partial charge in [-0.2, -0.15) is 0 Å². The molecular formula is C21H18N2O5S. The lowest BCUT2D eigenvalue weighted by Gasteiger charge is -2.05. The average molecular weight is 410 g/mol. The van der Waals surface area contributed by atoms with Gasteiger partial charge in [-0.1, -0.05) is 24.3 Å². The van der Waals surface area contributed by atoms with Gasteiger partial charge in [0, 0.05) is 5.56 Å². The summed E-state index contributed by atoms with van der Waals surface area (Å²) in [5.74, 6) is -0.725. The Balaban J connectivity index is 1.73. The van der Waals surface area contributed by atoms with Crippen molar-refractivity contribution < 1.29 is 24.2 Å². The number of amidine groups is 1. The number of benzene rings is 2. The van der Waals surface area contributed by atoms with Crippen LogP contribution >= 0.6 is 11.8 Å². The van der Waals surface area contributed by atoms with Crippen molar-refractivity contribution in [3.8, 4) is 5.75 Å². The van der Waals surface area contributed by atoms with E-state index in [-0.39, 0.29) is 24.7 Å². The maximum atomic E-state index is 12.3. The highest BCUT2D eigenvalue weighted by Gasteiger charge is 2.23. The van der Waals surface area contributed by atoms with Crippen LogP contribution in [0.1, 0.15) is 29.3 Å². The molecule has 7 nitrogen and oxygen atoms in total. The Bertz CT molecular complexity index is 1030. The number of carboxylic acids is 1. The summed E-state index contributed by atoms with van der Waals surface area (Å²) in [4.78, 5) is 39.2. The molecule has 0 aromatic heterocycles. The number of amides is 1. The van der Waals surface area contributed by atoms with Gasteiger partial charge in [0.2, 0.25) is 0 Å². The molecule has 0 atom stereocenters. The Hall–Kier alpha value is -3.39. The van der Waals surface area contributed by atoms with Crippen molar-refractivity contribution in [2.45, 2.75) is 13.3 Å². The van der Waals surface area contributed by atoms with E-state index in [4.69, 9.17) is 9.84 Å². The molecule has 1 saturated heterocycles. The SMILES string of the molecule is CC(=O)c1cccc(N=C2NC(=O)/C(=C\c3cccc(OCCC(=O)O)c3)S2)c1. The largest absolute Gasteiger partial charge is 0.493 e. The first-order valence-corrected chi connectivity index (χ1v) is 9.57. The Morgan fingerprint density at radius 2 is 2.00 bits per heavy atom. The van der Waals surface area contributed by atoms with Crippen LogP contribution in [0.5, 0.6) is 5.75 Å². The average Bonchev–Trinajstić information content (AvgIpc) is 3.00. The van der Waals surface area contributed by atoms with Crippen molar-refractivity contribution in [3.05, 3.63) is 64.6 Å². The Morgan fingerprint density at radius 3 is 2.76 bits per heavy atom. The number of carbonyl (C=O) groups excluding carboxylic acids is 2. The third-order valence-corrected chi connectivity index (χ3v) is 4.78. The number of aliphatic imine (C=N–C) groups is 1. The van der Waals surface area contributed by atoms with Crippen molar-refractivity contribution in [2.24, 2.45) is 4.99 Å². The summed E-state index contributed by atoms with van der Waals surface area (Å²) in [6.07, 6.45) is 1.62. The number of carboxylic acid groups (broad SMARTS) is 1. The van der Waals surface area contributed by atoms with Crippen LogP contribution in [0.2, 0.25) is 0 Å². The van der Waals surface area contributed by atoms with Gasteiger partial charge in [-0.15, -0.1) is 0 Å². The number of nitrogens with zero attached hydrogens (tertiary/aromatic N) is 1. The highest BCUT2D eigenvalue weighted by atomic mass is 32.2. The summed E-state index contributed by atoms with van der Waals surface area (Å²) in [7, 11) is 0. The summed E-state index contributed by atoms with van der Waals surface area (Å²) >= 11 is 1.20. The van der Waals surface area contributed by atoms with Crippen molar-refractivity contribution in [1.82, 2.24) is 5.32 Å². The molecule has 1 heterocycles. The minimum atomic E-state index is -0.928. The molecule has 1 aliphatic rings. The van der Waals surface area contributed by atoms with Crippen molar-refractivity contribution >= 4 is 46.4 Å². The zero-order chi connectivity index (χ0) is 20.8. The first-order chi connectivity index (χ1) is 13.9.